The zero-order chi connectivity index (χ0) is 24.8. The largest absolute Gasteiger partial charge is 0.433 e. The summed E-state index contributed by atoms with van der Waals surface area (Å²) in [5.41, 5.74) is -1.66. The Hall–Kier alpha value is -3.22. The third kappa shape index (κ3) is 8.00. The molecule has 1 aromatic carbocycles. The van der Waals surface area contributed by atoms with E-state index >= 15 is 0 Å². The summed E-state index contributed by atoms with van der Waals surface area (Å²) in [6.45, 7) is 1.89. The summed E-state index contributed by atoms with van der Waals surface area (Å²) >= 11 is 0. The maximum atomic E-state index is 14.0. The number of hydrogen-bond acceptors (Lipinski definition) is 5. The molecule has 0 bridgehead atoms. The molecular weight excluding hydrogens is 471 g/mol. The Labute approximate surface area is 187 Å². The molecule has 0 aliphatic heterocycles. The van der Waals surface area contributed by atoms with Crippen molar-refractivity contribution in [1.29, 1.82) is 0 Å². The molecule has 3 N–H and O–H groups in total. The number of alkyl halides is 3. The van der Waals surface area contributed by atoms with E-state index in [1.165, 1.54) is 6.08 Å². The molecule has 1 aromatic heterocycles. The highest BCUT2D eigenvalue weighted by Gasteiger charge is 2.32. The van der Waals surface area contributed by atoms with Crippen molar-refractivity contribution < 1.29 is 35.2 Å². The Kier molecular flexibility index (Phi) is 8.36. The maximum absolute atomic E-state index is 14.0. The minimum atomic E-state index is -4.63. The number of carbonyl (C=O) groups excluding carboxylic acids is 1. The van der Waals surface area contributed by atoms with E-state index in [1.807, 2.05) is 6.92 Å². The lowest BCUT2D eigenvalue weighted by atomic mass is 10.2. The van der Waals surface area contributed by atoms with Crippen molar-refractivity contribution in [2.45, 2.75) is 26.1 Å². The van der Waals surface area contributed by atoms with Crippen molar-refractivity contribution in [2.75, 3.05) is 22.8 Å². The predicted molar refractivity (Wildman–Crippen MR) is 114 cm³/mol. The predicted octanol–water partition coefficient (Wildman–Crippen LogP) is 3.90. The van der Waals surface area contributed by atoms with Gasteiger partial charge in [0.2, 0.25) is 15.9 Å². The van der Waals surface area contributed by atoms with Crippen molar-refractivity contribution in [1.82, 2.24) is 10.3 Å². The third-order valence-electron chi connectivity index (χ3n) is 4.03. The summed E-state index contributed by atoms with van der Waals surface area (Å²) in [4.78, 5) is 15.6. The molecule has 2 rings (SSSR count). The van der Waals surface area contributed by atoms with Gasteiger partial charge in [0.15, 0.2) is 11.6 Å². The number of benzene rings is 1. The lowest BCUT2D eigenvalue weighted by Crippen LogP contribution is -2.21. The second kappa shape index (κ2) is 10.6. The molecule has 0 fully saturated rings. The number of pyridine rings is 1. The van der Waals surface area contributed by atoms with Crippen LogP contribution in [-0.4, -0.2) is 32.1 Å². The molecule has 1 heterocycles. The van der Waals surface area contributed by atoms with E-state index in [9.17, 15) is 35.2 Å². The molecular formula is C20H21F5N4O3S. The summed E-state index contributed by atoms with van der Waals surface area (Å²) in [6, 6.07) is 3.66. The van der Waals surface area contributed by atoms with Gasteiger partial charge in [0, 0.05) is 24.7 Å². The van der Waals surface area contributed by atoms with Crippen LogP contribution in [0.2, 0.25) is 0 Å². The number of anilines is 2. The molecule has 180 valence electrons. The van der Waals surface area contributed by atoms with Gasteiger partial charge >= 0.3 is 6.18 Å². The number of nitrogens with one attached hydrogen (secondary N) is 3. The second-order valence-electron chi connectivity index (χ2n) is 6.92. The molecule has 0 spiro atoms. The Morgan fingerprint density at radius 2 is 1.79 bits per heavy atom. The highest BCUT2D eigenvalue weighted by Crippen LogP contribution is 2.30. The van der Waals surface area contributed by atoms with E-state index in [0.717, 1.165) is 36.6 Å². The topological polar surface area (TPSA) is 100 Å². The molecule has 1 amide bonds. The van der Waals surface area contributed by atoms with Crippen LogP contribution in [0.4, 0.5) is 33.5 Å². The van der Waals surface area contributed by atoms with E-state index in [2.05, 4.69) is 15.6 Å². The first-order valence-corrected chi connectivity index (χ1v) is 11.4. The van der Waals surface area contributed by atoms with E-state index in [0.29, 0.717) is 13.0 Å². The average Bonchev–Trinajstić information content (AvgIpc) is 2.70. The highest BCUT2D eigenvalue weighted by molar-refractivity contribution is 7.92. The fourth-order valence-corrected chi connectivity index (χ4v) is 3.14. The van der Waals surface area contributed by atoms with Crippen LogP contribution >= 0.6 is 0 Å². The fraction of sp³-hybridized carbons (Fsp3) is 0.300. The maximum Gasteiger partial charge on any atom is 0.433 e. The number of rotatable bonds is 9. The molecule has 0 atom stereocenters. The van der Waals surface area contributed by atoms with Gasteiger partial charge in [0.05, 0.1) is 6.26 Å². The zero-order valence-corrected chi connectivity index (χ0v) is 18.4. The van der Waals surface area contributed by atoms with Gasteiger partial charge in [0.25, 0.3) is 0 Å². The van der Waals surface area contributed by atoms with Crippen molar-refractivity contribution >= 4 is 33.5 Å². The van der Waals surface area contributed by atoms with Gasteiger partial charge in [-0.05, 0) is 42.3 Å². The Morgan fingerprint density at radius 3 is 2.33 bits per heavy atom. The second-order valence-corrected chi connectivity index (χ2v) is 8.67. The third-order valence-corrected chi connectivity index (χ3v) is 4.60. The first-order chi connectivity index (χ1) is 15.3. The van der Waals surface area contributed by atoms with Gasteiger partial charge in [-0.1, -0.05) is 6.92 Å². The SMILES string of the molecule is CCCNc1nc(C(F)(F)F)ccc1/C=C\C(=O)NCc1cc(F)c(NS(C)(=O)=O)c(F)c1. The molecule has 33 heavy (non-hydrogen) atoms. The van der Waals surface area contributed by atoms with Crippen LogP contribution in [-0.2, 0) is 27.5 Å². The number of halogens is 5. The lowest BCUT2D eigenvalue weighted by molar-refractivity contribution is -0.141. The minimum absolute atomic E-state index is 0.0206. The standard InChI is InChI=1S/C20H21F5N4O3S/c1-3-8-26-19-13(4-6-16(28-19)20(23,24)25)5-7-17(30)27-11-12-9-14(21)18(15(22)10-12)29-33(2,31)32/h4-7,9-10,29H,3,8,11H2,1-2H3,(H,26,28)(H,27,30)/b7-5-. The number of amides is 1. The van der Waals surface area contributed by atoms with Crippen LogP contribution in [0.25, 0.3) is 6.08 Å². The molecule has 0 saturated carbocycles. The first kappa shape index (κ1) is 26.0. The highest BCUT2D eigenvalue weighted by atomic mass is 32.2. The van der Waals surface area contributed by atoms with Gasteiger partial charge in [0.1, 0.15) is 17.2 Å². The fourth-order valence-electron chi connectivity index (χ4n) is 2.57. The summed E-state index contributed by atoms with van der Waals surface area (Å²) in [6.07, 6.45) is -0.970. The molecule has 0 unspecified atom stereocenters. The summed E-state index contributed by atoms with van der Waals surface area (Å²) in [7, 11) is -3.90. The molecule has 7 nitrogen and oxygen atoms in total. The van der Waals surface area contributed by atoms with Crippen molar-refractivity contribution in [3.63, 3.8) is 0 Å². The Balaban J connectivity index is 2.11. The van der Waals surface area contributed by atoms with Gasteiger partial charge in [-0.15, -0.1) is 0 Å². The van der Waals surface area contributed by atoms with E-state index in [-0.39, 0.29) is 23.5 Å². The average molecular weight is 492 g/mol. The van der Waals surface area contributed by atoms with Crippen LogP contribution in [0.15, 0.2) is 30.3 Å². The molecule has 13 heteroatoms. The number of nitrogens with zero attached hydrogens (tertiary/aromatic N) is 1. The Morgan fingerprint density at radius 1 is 1.15 bits per heavy atom. The molecule has 2 aromatic rings. The van der Waals surface area contributed by atoms with Crippen LogP contribution in [0.1, 0.15) is 30.2 Å². The van der Waals surface area contributed by atoms with Crippen molar-refractivity contribution in [3.05, 3.63) is 58.8 Å². The van der Waals surface area contributed by atoms with E-state index < -0.39 is 45.1 Å². The zero-order valence-electron chi connectivity index (χ0n) is 17.6. The Bertz CT molecular complexity index is 1130. The lowest BCUT2D eigenvalue weighted by Gasteiger charge is -2.12. The minimum Gasteiger partial charge on any atom is -0.370 e. The van der Waals surface area contributed by atoms with Crippen LogP contribution in [0.5, 0.6) is 0 Å². The molecule has 0 aliphatic rings. The summed E-state index contributed by atoms with van der Waals surface area (Å²) in [5, 5.41) is 5.14. The van der Waals surface area contributed by atoms with Gasteiger partial charge in [-0.2, -0.15) is 13.2 Å². The number of sulfonamides is 1. The number of carbonyl (C=O) groups is 1. The normalized spacial score (nSPS) is 12.1. The smallest absolute Gasteiger partial charge is 0.370 e. The van der Waals surface area contributed by atoms with E-state index in [4.69, 9.17) is 0 Å². The summed E-state index contributed by atoms with van der Waals surface area (Å²) < 4.78 is 90.8. The quantitative estimate of drug-likeness (QED) is 0.364. The van der Waals surface area contributed by atoms with E-state index in [1.54, 1.807) is 4.72 Å². The van der Waals surface area contributed by atoms with Gasteiger partial charge in [-0.3, -0.25) is 9.52 Å². The molecule has 0 aliphatic carbocycles. The molecule has 0 saturated heterocycles. The monoisotopic (exact) mass is 492 g/mol. The van der Waals surface area contributed by atoms with Crippen molar-refractivity contribution in [2.24, 2.45) is 0 Å². The number of aromatic nitrogens is 1. The van der Waals surface area contributed by atoms with Gasteiger partial charge in [-0.25, -0.2) is 22.2 Å². The first-order valence-electron chi connectivity index (χ1n) is 9.54. The summed E-state index contributed by atoms with van der Waals surface area (Å²) in [5.74, 6) is -3.06. The van der Waals surface area contributed by atoms with Crippen LogP contribution in [0.3, 0.4) is 0 Å². The van der Waals surface area contributed by atoms with Gasteiger partial charge < -0.3 is 10.6 Å². The molecule has 0 radical (unpaired) electrons. The van der Waals surface area contributed by atoms with Crippen LogP contribution < -0.4 is 15.4 Å². The number of hydrogen-bond donors (Lipinski definition) is 3. The van der Waals surface area contributed by atoms with Crippen LogP contribution in [0, 0.1) is 11.6 Å². The van der Waals surface area contributed by atoms with Crippen molar-refractivity contribution in [3.8, 4) is 0 Å².